The highest BCUT2D eigenvalue weighted by atomic mass is 16.5. The van der Waals surface area contributed by atoms with Gasteiger partial charge in [0.15, 0.2) is 0 Å². The van der Waals surface area contributed by atoms with Gasteiger partial charge < -0.3 is 24.0 Å². The number of aromatic nitrogens is 2. The van der Waals surface area contributed by atoms with E-state index in [1.165, 1.54) is 11.1 Å². The Morgan fingerprint density at radius 3 is 1.88 bits per heavy atom. The number of rotatable bonds is 8. The highest BCUT2D eigenvalue weighted by Gasteiger charge is 2.16. The number of anilines is 1. The fourth-order valence-electron chi connectivity index (χ4n) is 3.97. The number of pyridine rings is 1. The molecule has 4 rings (SSSR count). The fourth-order valence-corrected chi connectivity index (χ4v) is 3.97. The first-order chi connectivity index (χ1) is 15.5. The number of aryl methyl sites for hydroxylation is 2. The number of ether oxygens (including phenoxy) is 2. The van der Waals surface area contributed by atoms with E-state index < -0.39 is 0 Å². The molecule has 0 spiro atoms. The Labute approximate surface area is 188 Å². The number of aliphatic hydroxyl groups is 1. The van der Waals surface area contributed by atoms with Crippen molar-refractivity contribution in [1.29, 1.82) is 0 Å². The number of hydrogen-bond donors (Lipinski definition) is 1. The lowest BCUT2D eigenvalue weighted by atomic mass is 10.1. The number of fused-ring (bicyclic) bond motifs is 1. The monoisotopic (exact) mass is 431 g/mol. The quantitative estimate of drug-likeness (QED) is 0.442. The van der Waals surface area contributed by atoms with Crippen molar-refractivity contribution in [1.82, 2.24) is 9.55 Å². The Morgan fingerprint density at radius 2 is 1.41 bits per heavy atom. The molecular formula is C26H29N3O3. The number of aliphatic hydroxyl groups excluding tert-OH is 1. The van der Waals surface area contributed by atoms with E-state index in [-0.39, 0.29) is 6.61 Å². The van der Waals surface area contributed by atoms with Crippen LogP contribution in [0.15, 0.2) is 60.7 Å². The van der Waals surface area contributed by atoms with Crippen molar-refractivity contribution in [2.75, 3.05) is 19.1 Å². The summed E-state index contributed by atoms with van der Waals surface area (Å²) in [5.74, 6) is 2.61. The molecule has 6 heteroatoms. The summed E-state index contributed by atoms with van der Waals surface area (Å²) in [6, 6.07) is 20.4. The predicted octanol–water partition coefficient (Wildman–Crippen LogP) is 4.60. The second-order valence-electron chi connectivity index (χ2n) is 7.94. The van der Waals surface area contributed by atoms with Crippen LogP contribution in [0.25, 0.3) is 11.0 Å². The van der Waals surface area contributed by atoms with E-state index in [0.717, 1.165) is 39.6 Å². The van der Waals surface area contributed by atoms with Gasteiger partial charge in [-0.25, -0.2) is 4.98 Å². The average molecular weight is 432 g/mol. The lowest BCUT2D eigenvalue weighted by Gasteiger charge is -2.26. The van der Waals surface area contributed by atoms with Gasteiger partial charge in [0, 0.05) is 25.8 Å². The Kier molecular flexibility index (Phi) is 6.32. The summed E-state index contributed by atoms with van der Waals surface area (Å²) < 4.78 is 12.6. The van der Waals surface area contributed by atoms with Gasteiger partial charge in [-0.3, -0.25) is 0 Å². The molecule has 0 radical (unpaired) electrons. The maximum absolute atomic E-state index is 9.66. The van der Waals surface area contributed by atoms with E-state index >= 15 is 0 Å². The minimum atomic E-state index is -0.0113. The summed E-state index contributed by atoms with van der Waals surface area (Å²) in [6.45, 7) is 3.48. The Balaban J connectivity index is 1.73. The van der Waals surface area contributed by atoms with E-state index in [9.17, 15) is 5.11 Å². The molecule has 2 aromatic carbocycles. The van der Waals surface area contributed by atoms with Crippen LogP contribution in [0.4, 0.5) is 5.82 Å². The molecule has 0 saturated carbocycles. The number of methoxy groups -OCH3 is 2. The first-order valence-electron chi connectivity index (χ1n) is 10.6. The van der Waals surface area contributed by atoms with Gasteiger partial charge >= 0.3 is 0 Å². The molecule has 0 amide bonds. The molecule has 0 atom stereocenters. The molecule has 166 valence electrons. The summed E-state index contributed by atoms with van der Waals surface area (Å²) in [6.07, 6.45) is 0. The van der Waals surface area contributed by atoms with Crippen LogP contribution < -0.4 is 14.4 Å². The molecule has 0 aliphatic rings. The van der Waals surface area contributed by atoms with E-state index in [2.05, 4.69) is 42.2 Å². The van der Waals surface area contributed by atoms with E-state index in [0.29, 0.717) is 13.1 Å². The summed E-state index contributed by atoms with van der Waals surface area (Å²) in [7, 11) is 5.31. The van der Waals surface area contributed by atoms with Gasteiger partial charge in [0.05, 0.1) is 31.9 Å². The number of nitrogens with zero attached hydrogens (tertiary/aromatic N) is 3. The van der Waals surface area contributed by atoms with Crippen molar-refractivity contribution < 1.29 is 14.6 Å². The third-order valence-electron chi connectivity index (χ3n) is 5.82. The molecular weight excluding hydrogens is 402 g/mol. The standard InChI is InChI=1S/C26H29N3O3/c1-18-13-25-24(14-21(17-30)28(25)2)27-26(18)29(15-19-5-9-22(31-3)10-6-19)16-20-7-11-23(32-4)12-8-20/h5-14,30H,15-17H2,1-4H3. The van der Waals surface area contributed by atoms with E-state index in [1.807, 2.05) is 41.9 Å². The van der Waals surface area contributed by atoms with Crippen molar-refractivity contribution in [3.05, 3.63) is 83.0 Å². The summed E-state index contributed by atoms with van der Waals surface area (Å²) in [4.78, 5) is 7.29. The van der Waals surface area contributed by atoms with Crippen molar-refractivity contribution in [3.8, 4) is 11.5 Å². The summed E-state index contributed by atoms with van der Waals surface area (Å²) >= 11 is 0. The topological polar surface area (TPSA) is 59.8 Å². The zero-order chi connectivity index (χ0) is 22.7. The van der Waals surface area contributed by atoms with Gasteiger partial charge in [-0.15, -0.1) is 0 Å². The molecule has 6 nitrogen and oxygen atoms in total. The Bertz CT molecular complexity index is 1150. The maximum atomic E-state index is 9.66. The molecule has 0 aliphatic carbocycles. The van der Waals surface area contributed by atoms with Crippen LogP contribution in [0, 0.1) is 6.92 Å². The minimum Gasteiger partial charge on any atom is -0.497 e. The van der Waals surface area contributed by atoms with Gasteiger partial charge in [-0.05, 0) is 60.0 Å². The smallest absolute Gasteiger partial charge is 0.132 e. The molecule has 2 heterocycles. The molecule has 2 aromatic heterocycles. The van der Waals surface area contributed by atoms with Crippen molar-refractivity contribution >= 4 is 16.9 Å². The highest BCUT2D eigenvalue weighted by molar-refractivity contribution is 5.80. The third-order valence-corrected chi connectivity index (χ3v) is 5.82. The van der Waals surface area contributed by atoms with Crippen molar-refractivity contribution in [2.24, 2.45) is 7.05 Å². The third kappa shape index (κ3) is 4.41. The largest absolute Gasteiger partial charge is 0.497 e. The number of hydrogen-bond acceptors (Lipinski definition) is 5. The average Bonchev–Trinajstić information content (AvgIpc) is 3.13. The predicted molar refractivity (Wildman–Crippen MR) is 127 cm³/mol. The second-order valence-corrected chi connectivity index (χ2v) is 7.94. The van der Waals surface area contributed by atoms with E-state index in [1.54, 1.807) is 14.2 Å². The Morgan fingerprint density at radius 1 is 0.875 bits per heavy atom. The SMILES string of the molecule is COc1ccc(CN(Cc2ccc(OC)cc2)c2nc3cc(CO)n(C)c3cc2C)cc1. The van der Waals surface area contributed by atoms with Crippen LogP contribution in [0.2, 0.25) is 0 Å². The van der Waals surface area contributed by atoms with Crippen LogP contribution in [0.1, 0.15) is 22.4 Å². The first-order valence-corrected chi connectivity index (χ1v) is 10.6. The molecule has 0 unspecified atom stereocenters. The number of benzene rings is 2. The van der Waals surface area contributed by atoms with Gasteiger partial charge in [0.1, 0.15) is 17.3 Å². The minimum absolute atomic E-state index is 0.0113. The second kappa shape index (κ2) is 9.32. The van der Waals surface area contributed by atoms with Crippen LogP contribution >= 0.6 is 0 Å². The molecule has 4 aromatic rings. The molecule has 0 saturated heterocycles. The van der Waals surface area contributed by atoms with Crippen LogP contribution in [-0.2, 0) is 26.7 Å². The molecule has 0 aliphatic heterocycles. The van der Waals surface area contributed by atoms with Crippen molar-refractivity contribution in [2.45, 2.75) is 26.6 Å². The lowest BCUT2D eigenvalue weighted by molar-refractivity contribution is 0.273. The van der Waals surface area contributed by atoms with Gasteiger partial charge in [-0.2, -0.15) is 0 Å². The molecule has 0 fully saturated rings. The normalized spacial score (nSPS) is 11.0. The van der Waals surface area contributed by atoms with Crippen molar-refractivity contribution in [3.63, 3.8) is 0 Å². The van der Waals surface area contributed by atoms with Gasteiger partial charge in [-0.1, -0.05) is 24.3 Å². The van der Waals surface area contributed by atoms with E-state index in [4.69, 9.17) is 14.5 Å². The summed E-state index contributed by atoms with van der Waals surface area (Å²) in [5, 5.41) is 9.66. The molecule has 1 N–H and O–H groups in total. The van der Waals surface area contributed by atoms with Crippen LogP contribution in [-0.4, -0.2) is 28.9 Å². The zero-order valence-electron chi connectivity index (χ0n) is 19.0. The van der Waals surface area contributed by atoms with Gasteiger partial charge in [0.2, 0.25) is 0 Å². The molecule has 0 bridgehead atoms. The Hall–Kier alpha value is -3.51. The van der Waals surface area contributed by atoms with Crippen LogP contribution in [0.5, 0.6) is 11.5 Å². The van der Waals surface area contributed by atoms with Crippen LogP contribution in [0.3, 0.4) is 0 Å². The molecule has 32 heavy (non-hydrogen) atoms. The fraction of sp³-hybridized carbons (Fsp3) is 0.269. The van der Waals surface area contributed by atoms with Gasteiger partial charge in [0.25, 0.3) is 0 Å². The first kappa shape index (κ1) is 21.7. The zero-order valence-corrected chi connectivity index (χ0v) is 19.0. The maximum Gasteiger partial charge on any atom is 0.132 e. The highest BCUT2D eigenvalue weighted by Crippen LogP contribution is 2.28. The lowest BCUT2D eigenvalue weighted by Crippen LogP contribution is -2.24. The summed E-state index contributed by atoms with van der Waals surface area (Å²) in [5.41, 5.74) is 6.18.